The zero-order valence-electron chi connectivity index (χ0n) is 19.4. The van der Waals surface area contributed by atoms with E-state index in [1.165, 1.54) is 21.7 Å². The van der Waals surface area contributed by atoms with Crippen molar-refractivity contribution in [3.05, 3.63) is 69.8 Å². The summed E-state index contributed by atoms with van der Waals surface area (Å²) in [6.45, 7) is 6.10. The van der Waals surface area contributed by atoms with E-state index in [1.54, 1.807) is 6.07 Å². The normalized spacial score (nSPS) is 13.1. The molecule has 0 bridgehead atoms. The van der Waals surface area contributed by atoms with Gasteiger partial charge < -0.3 is 14.8 Å². The number of hydrogen-bond acceptors (Lipinski definition) is 6. The first kappa shape index (κ1) is 22.1. The van der Waals surface area contributed by atoms with Crippen LogP contribution in [0.15, 0.2) is 48.5 Å². The second-order valence-corrected chi connectivity index (χ2v) is 8.39. The van der Waals surface area contributed by atoms with E-state index >= 15 is 0 Å². The Labute approximate surface area is 197 Å². The molecule has 0 saturated carbocycles. The Morgan fingerprint density at radius 3 is 2.74 bits per heavy atom. The van der Waals surface area contributed by atoms with E-state index in [0.717, 1.165) is 36.2 Å². The van der Waals surface area contributed by atoms with Crippen molar-refractivity contribution in [2.45, 2.75) is 33.2 Å². The maximum Gasteiger partial charge on any atom is 0.315 e. The standard InChI is InChI=1S/C27H27N3O4/c1-3-13-34-27-23(30(31)32)14-18(15-24(27)33-4-2)26-21-16-28-12-11-20(21)25-19-8-6-5-7-17(19)9-10-22(25)29-26/h5-10,14-15,28H,3-4,11-13,16H2,1-2H3. The smallest absolute Gasteiger partial charge is 0.315 e. The van der Waals surface area contributed by atoms with Gasteiger partial charge in [0.05, 0.1) is 29.3 Å². The lowest BCUT2D eigenvalue weighted by atomic mass is 9.90. The Kier molecular flexibility index (Phi) is 6.02. The van der Waals surface area contributed by atoms with Gasteiger partial charge in [-0.2, -0.15) is 0 Å². The molecule has 2 heterocycles. The molecule has 5 rings (SSSR count). The largest absolute Gasteiger partial charge is 0.490 e. The van der Waals surface area contributed by atoms with Gasteiger partial charge in [-0.25, -0.2) is 4.98 Å². The van der Waals surface area contributed by atoms with E-state index in [1.807, 2.05) is 32.0 Å². The van der Waals surface area contributed by atoms with Crippen molar-refractivity contribution in [1.29, 1.82) is 0 Å². The minimum Gasteiger partial charge on any atom is -0.490 e. The van der Waals surface area contributed by atoms with E-state index in [-0.39, 0.29) is 11.4 Å². The molecule has 174 valence electrons. The van der Waals surface area contributed by atoms with Gasteiger partial charge in [-0.15, -0.1) is 0 Å². The molecule has 4 aromatic rings. The Hall–Kier alpha value is -3.71. The number of rotatable bonds is 7. The third-order valence-corrected chi connectivity index (χ3v) is 6.20. The van der Waals surface area contributed by atoms with Gasteiger partial charge in [0.2, 0.25) is 5.75 Å². The number of benzene rings is 3. The van der Waals surface area contributed by atoms with Crippen LogP contribution in [-0.4, -0.2) is 29.7 Å². The molecule has 7 heteroatoms. The Morgan fingerprint density at radius 1 is 1.09 bits per heavy atom. The molecule has 0 atom stereocenters. The first-order valence-corrected chi connectivity index (χ1v) is 11.7. The Bertz CT molecular complexity index is 1400. The topological polar surface area (TPSA) is 86.5 Å². The molecule has 7 nitrogen and oxygen atoms in total. The summed E-state index contributed by atoms with van der Waals surface area (Å²) in [5, 5.41) is 19.0. The van der Waals surface area contributed by atoms with Crippen molar-refractivity contribution >= 4 is 27.4 Å². The molecular formula is C27H27N3O4. The van der Waals surface area contributed by atoms with Crippen LogP contribution < -0.4 is 14.8 Å². The molecule has 0 saturated heterocycles. The summed E-state index contributed by atoms with van der Waals surface area (Å²) >= 11 is 0. The molecule has 0 spiro atoms. The van der Waals surface area contributed by atoms with Crippen LogP contribution in [0, 0.1) is 10.1 Å². The van der Waals surface area contributed by atoms with Crippen LogP contribution in [0.3, 0.4) is 0 Å². The fraction of sp³-hybridized carbons (Fsp3) is 0.296. The average molecular weight is 458 g/mol. The van der Waals surface area contributed by atoms with Crippen LogP contribution in [0.2, 0.25) is 0 Å². The quantitative estimate of drug-likeness (QED) is 0.215. The molecule has 1 aliphatic heterocycles. The fourth-order valence-electron chi connectivity index (χ4n) is 4.76. The molecule has 0 aliphatic carbocycles. The number of nitrogens with zero attached hydrogens (tertiary/aromatic N) is 2. The van der Waals surface area contributed by atoms with Crippen LogP contribution >= 0.6 is 0 Å². The van der Waals surface area contributed by atoms with E-state index in [4.69, 9.17) is 14.5 Å². The van der Waals surface area contributed by atoms with Gasteiger partial charge in [0, 0.05) is 23.6 Å². The fourth-order valence-corrected chi connectivity index (χ4v) is 4.76. The van der Waals surface area contributed by atoms with Crippen molar-refractivity contribution in [3.63, 3.8) is 0 Å². The lowest BCUT2D eigenvalue weighted by Crippen LogP contribution is -2.25. The number of nitro groups is 1. The van der Waals surface area contributed by atoms with Crippen molar-refractivity contribution in [1.82, 2.24) is 10.3 Å². The molecule has 0 amide bonds. The molecule has 0 fully saturated rings. The van der Waals surface area contributed by atoms with Crippen LogP contribution in [0.1, 0.15) is 31.4 Å². The van der Waals surface area contributed by atoms with Crippen LogP contribution in [-0.2, 0) is 13.0 Å². The maximum absolute atomic E-state index is 12.0. The molecule has 34 heavy (non-hydrogen) atoms. The summed E-state index contributed by atoms with van der Waals surface area (Å²) < 4.78 is 11.6. The highest BCUT2D eigenvalue weighted by Crippen LogP contribution is 2.43. The molecule has 0 unspecified atom stereocenters. The van der Waals surface area contributed by atoms with Gasteiger partial charge >= 0.3 is 5.69 Å². The van der Waals surface area contributed by atoms with Crippen molar-refractivity contribution in [3.8, 4) is 22.8 Å². The summed E-state index contributed by atoms with van der Waals surface area (Å²) in [6.07, 6.45) is 1.61. The third kappa shape index (κ3) is 3.82. The Balaban J connectivity index is 1.79. The molecule has 0 radical (unpaired) electrons. The third-order valence-electron chi connectivity index (χ3n) is 6.20. The highest BCUT2D eigenvalue weighted by molar-refractivity contribution is 6.09. The SMILES string of the molecule is CCCOc1c(OCC)cc(-c2nc3ccc4ccccc4c3c3c2CNCC3)cc1[N+](=O)[O-]. The monoisotopic (exact) mass is 457 g/mol. The van der Waals surface area contributed by atoms with E-state index in [2.05, 4.69) is 29.6 Å². The number of aromatic nitrogens is 1. The molecule has 1 aromatic heterocycles. The predicted molar refractivity (Wildman–Crippen MR) is 134 cm³/mol. The van der Waals surface area contributed by atoms with Crippen LogP contribution in [0.5, 0.6) is 11.5 Å². The lowest BCUT2D eigenvalue weighted by molar-refractivity contribution is -0.385. The van der Waals surface area contributed by atoms with E-state index in [9.17, 15) is 10.1 Å². The maximum atomic E-state index is 12.0. The van der Waals surface area contributed by atoms with Crippen LogP contribution in [0.4, 0.5) is 5.69 Å². The summed E-state index contributed by atoms with van der Waals surface area (Å²) in [5.74, 6) is 0.550. The highest BCUT2D eigenvalue weighted by Gasteiger charge is 2.26. The second-order valence-electron chi connectivity index (χ2n) is 8.39. The molecule has 3 aromatic carbocycles. The highest BCUT2D eigenvalue weighted by atomic mass is 16.6. The first-order chi connectivity index (χ1) is 16.6. The number of pyridine rings is 1. The molecular weight excluding hydrogens is 430 g/mol. The lowest BCUT2D eigenvalue weighted by Gasteiger charge is -2.23. The summed E-state index contributed by atoms with van der Waals surface area (Å²) in [7, 11) is 0. The number of hydrogen-bond donors (Lipinski definition) is 1. The molecule has 1 aliphatic rings. The number of nitrogens with one attached hydrogen (secondary N) is 1. The van der Waals surface area contributed by atoms with Gasteiger partial charge in [0.25, 0.3) is 0 Å². The van der Waals surface area contributed by atoms with Gasteiger partial charge in [0.15, 0.2) is 5.75 Å². The zero-order valence-corrected chi connectivity index (χ0v) is 19.4. The summed E-state index contributed by atoms with van der Waals surface area (Å²) in [4.78, 5) is 16.6. The Morgan fingerprint density at radius 2 is 1.94 bits per heavy atom. The van der Waals surface area contributed by atoms with Crippen molar-refractivity contribution in [2.24, 2.45) is 0 Å². The minimum absolute atomic E-state index is 0.104. The van der Waals surface area contributed by atoms with Crippen LogP contribution in [0.25, 0.3) is 32.9 Å². The summed E-state index contributed by atoms with van der Waals surface area (Å²) in [6, 6.07) is 15.9. The molecule has 1 N–H and O–H groups in total. The second kappa shape index (κ2) is 9.27. The number of fused-ring (bicyclic) bond motifs is 5. The predicted octanol–water partition coefficient (Wildman–Crippen LogP) is 5.80. The average Bonchev–Trinajstić information content (AvgIpc) is 2.86. The first-order valence-electron chi connectivity index (χ1n) is 11.7. The summed E-state index contributed by atoms with van der Waals surface area (Å²) in [5.41, 5.74) is 4.52. The van der Waals surface area contributed by atoms with Gasteiger partial charge in [0.1, 0.15) is 0 Å². The van der Waals surface area contributed by atoms with Gasteiger partial charge in [-0.05, 0) is 60.3 Å². The van der Waals surface area contributed by atoms with E-state index in [0.29, 0.717) is 31.1 Å². The van der Waals surface area contributed by atoms with Crippen molar-refractivity contribution in [2.75, 3.05) is 19.8 Å². The van der Waals surface area contributed by atoms with Gasteiger partial charge in [-0.3, -0.25) is 10.1 Å². The van der Waals surface area contributed by atoms with Crippen molar-refractivity contribution < 1.29 is 14.4 Å². The minimum atomic E-state index is -0.406. The zero-order chi connectivity index (χ0) is 23.7. The number of ether oxygens (including phenoxy) is 2. The van der Waals surface area contributed by atoms with E-state index < -0.39 is 4.92 Å². The van der Waals surface area contributed by atoms with Gasteiger partial charge in [-0.1, -0.05) is 37.3 Å². The number of nitro benzene ring substituents is 1.